The highest BCUT2D eigenvalue weighted by atomic mass is 79.9. The lowest BCUT2D eigenvalue weighted by Gasteiger charge is -1.95. The lowest BCUT2D eigenvalue weighted by Crippen LogP contribution is -1.79. The van der Waals surface area contributed by atoms with Gasteiger partial charge in [0.15, 0.2) is 0 Å². The Bertz CT molecular complexity index is 273. The molecular weight excluding hydrogens is 259 g/mol. The van der Waals surface area contributed by atoms with E-state index in [0.717, 1.165) is 10.9 Å². The molecule has 0 saturated heterocycles. The molecule has 0 atom stereocenters. The number of benzene rings is 1. The van der Waals surface area contributed by atoms with Gasteiger partial charge in [0.1, 0.15) is 4.49 Å². The van der Waals surface area contributed by atoms with Crippen LogP contribution in [-0.2, 0) is 6.42 Å². The van der Waals surface area contributed by atoms with Crippen molar-refractivity contribution in [3.8, 4) is 0 Å². The Balaban J connectivity index is 2.65. The first-order valence-electron chi connectivity index (χ1n) is 3.44. The first-order chi connectivity index (χ1) is 5.68. The van der Waals surface area contributed by atoms with E-state index in [1.165, 1.54) is 5.56 Å². The highest BCUT2D eigenvalue weighted by Gasteiger charge is 1.90. The fourth-order valence-electron chi connectivity index (χ4n) is 0.815. The third kappa shape index (κ3) is 3.61. The van der Waals surface area contributed by atoms with Crippen LogP contribution in [0, 0.1) is 0 Å². The Morgan fingerprint density at radius 3 is 2.33 bits per heavy atom. The van der Waals surface area contributed by atoms with Crippen molar-refractivity contribution in [1.29, 1.82) is 0 Å². The zero-order valence-electron chi connectivity index (χ0n) is 6.23. The van der Waals surface area contributed by atoms with Crippen LogP contribution in [0.3, 0.4) is 0 Å². The summed E-state index contributed by atoms with van der Waals surface area (Å²) < 4.78 is 1.39. The van der Waals surface area contributed by atoms with Gasteiger partial charge in [0.25, 0.3) is 0 Å². The molecule has 0 saturated carbocycles. The summed E-state index contributed by atoms with van der Waals surface area (Å²) in [5.74, 6) is 0. The number of rotatable bonds is 2. The van der Waals surface area contributed by atoms with Crippen molar-refractivity contribution in [3.63, 3.8) is 0 Å². The molecule has 0 aliphatic rings. The molecule has 0 unspecified atom stereocenters. The second-order valence-electron chi connectivity index (χ2n) is 2.32. The van der Waals surface area contributed by atoms with Crippen LogP contribution >= 0.6 is 39.1 Å². The van der Waals surface area contributed by atoms with E-state index in [2.05, 4.69) is 15.9 Å². The van der Waals surface area contributed by atoms with E-state index in [1.54, 1.807) is 6.08 Å². The van der Waals surface area contributed by atoms with Gasteiger partial charge < -0.3 is 0 Å². The van der Waals surface area contributed by atoms with E-state index in [-0.39, 0.29) is 0 Å². The van der Waals surface area contributed by atoms with Crippen molar-refractivity contribution in [2.24, 2.45) is 0 Å². The SMILES string of the molecule is ClC(Cl)=CCc1ccc(Br)cc1. The van der Waals surface area contributed by atoms with Crippen molar-refractivity contribution in [2.45, 2.75) is 6.42 Å². The average molecular weight is 266 g/mol. The molecule has 0 radical (unpaired) electrons. The van der Waals surface area contributed by atoms with Crippen LogP contribution < -0.4 is 0 Å². The fraction of sp³-hybridized carbons (Fsp3) is 0.111. The van der Waals surface area contributed by atoms with Crippen LogP contribution in [0.15, 0.2) is 39.3 Å². The van der Waals surface area contributed by atoms with E-state index in [4.69, 9.17) is 23.2 Å². The normalized spacial score (nSPS) is 9.58. The predicted octanol–water partition coefficient (Wildman–Crippen LogP) is 4.31. The van der Waals surface area contributed by atoms with Crippen molar-refractivity contribution in [3.05, 3.63) is 44.9 Å². The Labute approximate surface area is 90.3 Å². The predicted molar refractivity (Wildman–Crippen MR) is 57.6 cm³/mol. The molecule has 64 valence electrons. The van der Waals surface area contributed by atoms with Gasteiger partial charge in [0, 0.05) is 4.47 Å². The third-order valence-electron chi connectivity index (χ3n) is 1.41. The van der Waals surface area contributed by atoms with Crippen molar-refractivity contribution in [1.82, 2.24) is 0 Å². The summed E-state index contributed by atoms with van der Waals surface area (Å²) in [7, 11) is 0. The van der Waals surface area contributed by atoms with E-state index in [0.29, 0.717) is 4.49 Å². The number of allylic oxidation sites excluding steroid dienone is 1. The van der Waals surface area contributed by atoms with Gasteiger partial charge in [0.2, 0.25) is 0 Å². The van der Waals surface area contributed by atoms with E-state index in [1.807, 2.05) is 24.3 Å². The summed E-state index contributed by atoms with van der Waals surface area (Å²) in [6.07, 6.45) is 2.54. The fourth-order valence-corrected chi connectivity index (χ4v) is 1.23. The molecule has 0 aliphatic heterocycles. The highest BCUT2D eigenvalue weighted by Crippen LogP contribution is 2.13. The summed E-state index contributed by atoms with van der Waals surface area (Å²) >= 11 is 14.3. The van der Waals surface area contributed by atoms with Gasteiger partial charge in [-0.05, 0) is 30.2 Å². The van der Waals surface area contributed by atoms with Crippen LogP contribution in [0.1, 0.15) is 5.56 Å². The van der Waals surface area contributed by atoms with Gasteiger partial charge in [-0.1, -0.05) is 51.3 Å². The van der Waals surface area contributed by atoms with Gasteiger partial charge in [-0.15, -0.1) is 0 Å². The second kappa shape index (κ2) is 4.90. The molecule has 0 aromatic heterocycles. The van der Waals surface area contributed by atoms with Crippen LogP contribution in [0.5, 0.6) is 0 Å². The molecule has 0 nitrogen and oxygen atoms in total. The largest absolute Gasteiger partial charge is 0.103 e. The van der Waals surface area contributed by atoms with Gasteiger partial charge in [0.05, 0.1) is 0 Å². The van der Waals surface area contributed by atoms with Crippen molar-refractivity contribution < 1.29 is 0 Å². The van der Waals surface area contributed by atoms with Crippen molar-refractivity contribution in [2.75, 3.05) is 0 Å². The molecule has 0 bridgehead atoms. The van der Waals surface area contributed by atoms with Crippen LogP contribution in [0.2, 0.25) is 0 Å². The molecule has 0 fully saturated rings. The molecular formula is C9H7BrCl2. The molecule has 12 heavy (non-hydrogen) atoms. The maximum absolute atomic E-state index is 5.48. The highest BCUT2D eigenvalue weighted by molar-refractivity contribution is 9.10. The lowest BCUT2D eigenvalue weighted by atomic mass is 10.2. The Morgan fingerprint density at radius 2 is 1.83 bits per heavy atom. The quantitative estimate of drug-likeness (QED) is 0.748. The minimum Gasteiger partial charge on any atom is -0.0712 e. The zero-order chi connectivity index (χ0) is 8.97. The van der Waals surface area contributed by atoms with Gasteiger partial charge in [-0.2, -0.15) is 0 Å². The van der Waals surface area contributed by atoms with Gasteiger partial charge >= 0.3 is 0 Å². The lowest BCUT2D eigenvalue weighted by molar-refractivity contribution is 1.27. The molecule has 0 N–H and O–H groups in total. The number of hydrogen-bond donors (Lipinski definition) is 0. The summed E-state index contributed by atoms with van der Waals surface area (Å²) in [5.41, 5.74) is 1.19. The maximum Gasteiger partial charge on any atom is 0.103 e. The van der Waals surface area contributed by atoms with Crippen LogP contribution in [0.4, 0.5) is 0 Å². The number of hydrogen-bond acceptors (Lipinski definition) is 0. The summed E-state index contributed by atoms with van der Waals surface area (Å²) in [6.45, 7) is 0. The molecule has 3 heteroatoms. The minimum absolute atomic E-state index is 0.318. The Morgan fingerprint density at radius 1 is 1.25 bits per heavy atom. The molecule has 0 amide bonds. The maximum atomic E-state index is 5.48. The minimum atomic E-state index is 0.318. The van der Waals surface area contributed by atoms with Crippen LogP contribution in [-0.4, -0.2) is 0 Å². The van der Waals surface area contributed by atoms with E-state index < -0.39 is 0 Å². The first-order valence-corrected chi connectivity index (χ1v) is 4.99. The molecule has 1 aromatic carbocycles. The van der Waals surface area contributed by atoms with Crippen molar-refractivity contribution >= 4 is 39.1 Å². The first kappa shape index (κ1) is 10.1. The molecule has 1 aromatic rings. The molecule has 0 heterocycles. The van der Waals surface area contributed by atoms with E-state index >= 15 is 0 Å². The smallest absolute Gasteiger partial charge is 0.0712 e. The zero-order valence-corrected chi connectivity index (χ0v) is 9.33. The Kier molecular flexibility index (Phi) is 4.13. The van der Waals surface area contributed by atoms with Crippen LogP contribution in [0.25, 0.3) is 0 Å². The molecule has 0 spiro atoms. The summed E-state index contributed by atoms with van der Waals surface area (Å²) in [6, 6.07) is 8.03. The third-order valence-corrected chi connectivity index (χ3v) is 2.24. The molecule has 0 aliphatic carbocycles. The summed E-state index contributed by atoms with van der Waals surface area (Å²) in [4.78, 5) is 0. The van der Waals surface area contributed by atoms with Gasteiger partial charge in [-0.25, -0.2) is 0 Å². The van der Waals surface area contributed by atoms with Gasteiger partial charge in [-0.3, -0.25) is 0 Å². The molecule has 1 rings (SSSR count). The Hall–Kier alpha value is 0.0200. The topological polar surface area (TPSA) is 0 Å². The average Bonchev–Trinajstić information content (AvgIpc) is 2.03. The monoisotopic (exact) mass is 264 g/mol. The summed E-state index contributed by atoms with van der Waals surface area (Å²) in [5, 5.41) is 0. The van der Waals surface area contributed by atoms with E-state index in [9.17, 15) is 0 Å². The number of halogens is 3. The second-order valence-corrected chi connectivity index (χ2v) is 4.25. The standard InChI is InChI=1S/C9H7BrCl2/c10-8-4-1-7(2-5-8)3-6-9(11)12/h1-2,4-6H,3H2.